The van der Waals surface area contributed by atoms with E-state index in [0.29, 0.717) is 0 Å². The second-order valence-electron chi connectivity index (χ2n) is 8.02. The number of rotatable bonds is 1. The summed E-state index contributed by atoms with van der Waals surface area (Å²) in [6.45, 7) is 6.44. The van der Waals surface area contributed by atoms with Crippen molar-refractivity contribution >= 4 is 6.08 Å². The van der Waals surface area contributed by atoms with E-state index in [1.54, 1.807) is 12.1 Å². The Bertz CT molecular complexity index is 891. The first kappa shape index (κ1) is 16.2. The van der Waals surface area contributed by atoms with E-state index in [9.17, 15) is 4.39 Å². The van der Waals surface area contributed by atoms with E-state index in [0.717, 1.165) is 30.6 Å². The molecular weight excluding hydrogens is 331 g/mol. The Morgan fingerprint density at radius 2 is 1.85 bits per heavy atom. The highest BCUT2D eigenvalue weighted by atomic mass is 19.1. The monoisotopic (exact) mass is 354 g/mol. The number of nitrogens with zero attached hydrogens (tertiary/aromatic N) is 2. The van der Waals surface area contributed by atoms with Crippen molar-refractivity contribution in [3.63, 3.8) is 0 Å². The largest absolute Gasteiger partial charge is 0.343 e. The van der Waals surface area contributed by atoms with Crippen LogP contribution in [0, 0.1) is 11.2 Å². The molecule has 3 aliphatic rings. The van der Waals surface area contributed by atoms with Crippen molar-refractivity contribution in [3.05, 3.63) is 53.1 Å². The normalized spacial score (nSPS) is 31.8. The lowest BCUT2D eigenvalue weighted by atomic mass is 9.72. The molecule has 2 aromatic rings. The van der Waals surface area contributed by atoms with Crippen LogP contribution in [0.5, 0.6) is 0 Å². The van der Waals surface area contributed by atoms with Gasteiger partial charge in [-0.3, -0.25) is 0 Å². The Labute approximate surface area is 152 Å². The molecule has 136 valence electrons. The predicted octanol–water partition coefficient (Wildman–Crippen LogP) is 4.27. The quantitative estimate of drug-likeness (QED) is 0.767. The van der Waals surface area contributed by atoms with Gasteiger partial charge in [-0.15, -0.1) is 0 Å². The topological polar surface area (TPSA) is 36.3 Å². The smallest absolute Gasteiger partial charge is 0.178 e. The SMILES string of the molecule is C[C@H]1OC2(CCC3=Cc4c(cnn4-c4ccc(F)cc4)C[C@@]32C)O[C@@H]1C. The molecule has 2 heterocycles. The molecule has 1 saturated heterocycles. The number of hydrogen-bond acceptors (Lipinski definition) is 3. The Balaban J connectivity index is 1.57. The van der Waals surface area contributed by atoms with Crippen LogP contribution in [0.15, 0.2) is 36.0 Å². The van der Waals surface area contributed by atoms with Gasteiger partial charge < -0.3 is 9.47 Å². The van der Waals surface area contributed by atoms with E-state index in [1.165, 1.54) is 23.3 Å². The molecule has 0 amide bonds. The minimum Gasteiger partial charge on any atom is -0.343 e. The van der Waals surface area contributed by atoms with Crippen LogP contribution in [-0.2, 0) is 15.9 Å². The number of aromatic nitrogens is 2. The lowest BCUT2D eigenvalue weighted by molar-refractivity contribution is -0.222. The molecule has 0 N–H and O–H groups in total. The Morgan fingerprint density at radius 3 is 2.54 bits per heavy atom. The summed E-state index contributed by atoms with van der Waals surface area (Å²) in [6, 6.07) is 6.46. The van der Waals surface area contributed by atoms with E-state index in [1.807, 2.05) is 10.9 Å². The summed E-state index contributed by atoms with van der Waals surface area (Å²) >= 11 is 0. The van der Waals surface area contributed by atoms with Gasteiger partial charge in [-0.1, -0.05) is 12.5 Å². The molecule has 3 atom stereocenters. The number of ether oxygens (including phenoxy) is 2. The van der Waals surface area contributed by atoms with Crippen LogP contribution in [0.1, 0.15) is 44.9 Å². The van der Waals surface area contributed by atoms with E-state index >= 15 is 0 Å². The third kappa shape index (κ3) is 2.04. The molecule has 1 saturated carbocycles. The first-order valence-corrected chi connectivity index (χ1v) is 9.31. The summed E-state index contributed by atoms with van der Waals surface area (Å²) in [5, 5.41) is 4.57. The number of benzene rings is 1. The van der Waals surface area contributed by atoms with Gasteiger partial charge in [0, 0.05) is 11.8 Å². The summed E-state index contributed by atoms with van der Waals surface area (Å²) < 4.78 is 27.9. The van der Waals surface area contributed by atoms with Crippen LogP contribution in [-0.4, -0.2) is 27.8 Å². The van der Waals surface area contributed by atoms with E-state index in [-0.39, 0.29) is 23.4 Å². The van der Waals surface area contributed by atoms with Crippen LogP contribution in [0.2, 0.25) is 0 Å². The molecular formula is C21H23FN2O2. The van der Waals surface area contributed by atoms with Gasteiger partial charge in [0.25, 0.3) is 0 Å². The van der Waals surface area contributed by atoms with Gasteiger partial charge in [0.15, 0.2) is 5.79 Å². The average Bonchev–Trinajstić information content (AvgIpc) is 3.22. The van der Waals surface area contributed by atoms with Gasteiger partial charge in [0.2, 0.25) is 0 Å². The molecule has 0 radical (unpaired) electrons. The molecule has 1 aromatic carbocycles. The third-order valence-electron chi connectivity index (χ3n) is 6.50. The molecule has 5 rings (SSSR count). The van der Waals surface area contributed by atoms with Crippen molar-refractivity contribution < 1.29 is 13.9 Å². The average molecular weight is 354 g/mol. The van der Waals surface area contributed by atoms with Crippen molar-refractivity contribution in [2.75, 3.05) is 0 Å². The van der Waals surface area contributed by atoms with Crippen LogP contribution in [0.3, 0.4) is 0 Å². The first-order valence-electron chi connectivity index (χ1n) is 9.31. The molecule has 2 aliphatic carbocycles. The fourth-order valence-corrected chi connectivity index (χ4v) is 4.79. The number of fused-ring (bicyclic) bond motifs is 3. The van der Waals surface area contributed by atoms with Gasteiger partial charge in [-0.2, -0.15) is 5.10 Å². The molecule has 0 unspecified atom stereocenters. The van der Waals surface area contributed by atoms with Gasteiger partial charge >= 0.3 is 0 Å². The van der Waals surface area contributed by atoms with Crippen molar-refractivity contribution in [2.24, 2.45) is 5.41 Å². The lowest BCUT2D eigenvalue weighted by Crippen LogP contribution is -2.46. The van der Waals surface area contributed by atoms with Crippen LogP contribution < -0.4 is 0 Å². The summed E-state index contributed by atoms with van der Waals surface area (Å²) in [7, 11) is 0. The van der Waals surface area contributed by atoms with Gasteiger partial charge in [0.1, 0.15) is 5.82 Å². The maximum atomic E-state index is 13.3. The van der Waals surface area contributed by atoms with E-state index < -0.39 is 5.79 Å². The van der Waals surface area contributed by atoms with Crippen molar-refractivity contribution in [1.29, 1.82) is 0 Å². The zero-order chi connectivity index (χ0) is 18.1. The molecule has 1 aromatic heterocycles. The third-order valence-corrected chi connectivity index (χ3v) is 6.50. The maximum absolute atomic E-state index is 13.3. The maximum Gasteiger partial charge on any atom is 0.178 e. The van der Waals surface area contributed by atoms with Crippen molar-refractivity contribution in [1.82, 2.24) is 9.78 Å². The first-order chi connectivity index (χ1) is 12.4. The molecule has 1 aliphatic heterocycles. The van der Waals surface area contributed by atoms with Gasteiger partial charge in [-0.25, -0.2) is 9.07 Å². The summed E-state index contributed by atoms with van der Waals surface area (Å²) in [5.41, 5.74) is 4.32. The second kappa shape index (κ2) is 5.27. The Kier molecular flexibility index (Phi) is 3.29. The van der Waals surface area contributed by atoms with Crippen LogP contribution in [0.25, 0.3) is 11.8 Å². The van der Waals surface area contributed by atoms with E-state index in [2.05, 4.69) is 31.9 Å². The lowest BCUT2D eigenvalue weighted by Gasteiger charge is -2.42. The van der Waals surface area contributed by atoms with Crippen molar-refractivity contribution in [2.45, 2.75) is 58.0 Å². The Morgan fingerprint density at radius 1 is 1.15 bits per heavy atom. The van der Waals surface area contributed by atoms with Gasteiger partial charge in [-0.05, 0) is 62.6 Å². The van der Waals surface area contributed by atoms with Crippen LogP contribution in [0.4, 0.5) is 4.39 Å². The minimum atomic E-state index is -0.534. The summed E-state index contributed by atoms with van der Waals surface area (Å²) in [5.74, 6) is -0.773. The fraction of sp³-hybridized carbons (Fsp3) is 0.476. The number of hydrogen-bond donors (Lipinski definition) is 0. The standard InChI is InChI=1S/C21H23FN2O2/c1-13-14(2)26-21(25-13)9-8-16-10-19-15(11-20(16,21)3)12-23-24(19)18-6-4-17(22)5-7-18/h4-7,10,12-14H,8-9,11H2,1-3H3/t13-,14-,20+/m1/s1. The van der Waals surface area contributed by atoms with Crippen LogP contribution >= 0.6 is 0 Å². The molecule has 26 heavy (non-hydrogen) atoms. The van der Waals surface area contributed by atoms with Crippen molar-refractivity contribution in [3.8, 4) is 5.69 Å². The fourth-order valence-electron chi connectivity index (χ4n) is 4.79. The molecule has 4 nitrogen and oxygen atoms in total. The highest BCUT2D eigenvalue weighted by Crippen LogP contribution is 2.60. The zero-order valence-electron chi connectivity index (χ0n) is 15.3. The minimum absolute atomic E-state index is 0.106. The number of halogens is 1. The highest BCUT2D eigenvalue weighted by Gasteiger charge is 2.62. The molecule has 1 spiro atoms. The molecule has 0 bridgehead atoms. The summed E-state index contributed by atoms with van der Waals surface area (Å²) in [6.07, 6.45) is 7.07. The van der Waals surface area contributed by atoms with Gasteiger partial charge in [0.05, 0.1) is 29.8 Å². The predicted molar refractivity (Wildman–Crippen MR) is 96.4 cm³/mol. The zero-order valence-corrected chi connectivity index (χ0v) is 15.3. The molecule has 2 fully saturated rings. The second-order valence-corrected chi connectivity index (χ2v) is 8.02. The highest BCUT2D eigenvalue weighted by molar-refractivity contribution is 5.62. The Hall–Kier alpha value is -1.98. The summed E-state index contributed by atoms with van der Waals surface area (Å²) in [4.78, 5) is 0. The molecule has 5 heteroatoms. The van der Waals surface area contributed by atoms with E-state index in [4.69, 9.17) is 9.47 Å².